The van der Waals surface area contributed by atoms with Crippen molar-refractivity contribution < 1.29 is 9.90 Å². The minimum absolute atomic E-state index is 0.155. The molecule has 0 aliphatic carbocycles. The summed E-state index contributed by atoms with van der Waals surface area (Å²) in [4.78, 5) is 13.2. The molecule has 1 aliphatic rings. The first-order valence-electron chi connectivity index (χ1n) is 5.69. The van der Waals surface area contributed by atoms with Gasteiger partial charge in [0.1, 0.15) is 6.04 Å². The molecule has 2 N–H and O–H groups in total. The zero-order chi connectivity index (χ0) is 11.4. The van der Waals surface area contributed by atoms with Crippen molar-refractivity contribution in [3.63, 3.8) is 0 Å². The fourth-order valence-corrected chi connectivity index (χ4v) is 2.37. The van der Waals surface area contributed by atoms with E-state index in [4.69, 9.17) is 0 Å². The lowest BCUT2D eigenvalue weighted by atomic mass is 9.97. The van der Waals surface area contributed by atoms with Crippen LogP contribution in [0.1, 0.15) is 26.7 Å². The lowest BCUT2D eigenvalue weighted by Crippen LogP contribution is -2.50. The van der Waals surface area contributed by atoms with Gasteiger partial charge in [0.15, 0.2) is 0 Å². The molecule has 4 heteroatoms. The normalized spacial score (nSPS) is 20.9. The zero-order valence-corrected chi connectivity index (χ0v) is 9.86. The second-order valence-electron chi connectivity index (χ2n) is 4.67. The molecule has 0 amide bonds. The van der Waals surface area contributed by atoms with Crippen LogP contribution in [0, 0.1) is 5.92 Å². The zero-order valence-electron chi connectivity index (χ0n) is 9.86. The Labute approximate surface area is 91.6 Å². The Morgan fingerprint density at radius 3 is 2.33 bits per heavy atom. The number of nitrogens with one attached hydrogen (secondary N) is 1. The third kappa shape index (κ3) is 3.18. The van der Waals surface area contributed by atoms with Crippen molar-refractivity contribution in [3.05, 3.63) is 0 Å². The molecule has 1 heterocycles. The highest BCUT2D eigenvalue weighted by Crippen LogP contribution is 2.17. The Kier molecular flexibility index (Phi) is 4.54. The van der Waals surface area contributed by atoms with E-state index in [1.807, 2.05) is 25.8 Å². The number of aliphatic carboxylic acids is 1. The van der Waals surface area contributed by atoms with E-state index in [9.17, 15) is 9.90 Å². The molecule has 88 valence electrons. The van der Waals surface area contributed by atoms with Crippen molar-refractivity contribution in [3.8, 4) is 0 Å². The molecule has 1 aliphatic heterocycles. The summed E-state index contributed by atoms with van der Waals surface area (Å²) in [6, 6.07) is 0.0582. The molecule has 0 bridgehead atoms. The van der Waals surface area contributed by atoms with Gasteiger partial charge in [-0.3, -0.25) is 9.69 Å². The largest absolute Gasteiger partial charge is 0.480 e. The van der Waals surface area contributed by atoms with Crippen LogP contribution in [-0.4, -0.2) is 48.2 Å². The standard InChI is InChI=1S/C11H22N2O2/c1-8(2)10(11(14)15)13(3)9-4-6-12-7-5-9/h8-10,12H,4-7H2,1-3H3,(H,14,15). The number of hydrogen-bond donors (Lipinski definition) is 2. The number of carboxylic acids is 1. The summed E-state index contributed by atoms with van der Waals surface area (Å²) in [5.74, 6) is -0.548. The van der Waals surface area contributed by atoms with Gasteiger partial charge in [-0.15, -0.1) is 0 Å². The van der Waals surface area contributed by atoms with Crippen molar-refractivity contribution >= 4 is 5.97 Å². The highest BCUT2D eigenvalue weighted by atomic mass is 16.4. The third-order valence-electron chi connectivity index (χ3n) is 3.21. The van der Waals surface area contributed by atoms with Gasteiger partial charge in [0, 0.05) is 6.04 Å². The van der Waals surface area contributed by atoms with Crippen LogP contribution in [0.5, 0.6) is 0 Å². The van der Waals surface area contributed by atoms with Gasteiger partial charge in [0.05, 0.1) is 0 Å². The van der Waals surface area contributed by atoms with E-state index in [-0.39, 0.29) is 12.0 Å². The maximum absolute atomic E-state index is 11.2. The summed E-state index contributed by atoms with van der Waals surface area (Å²) >= 11 is 0. The highest BCUT2D eigenvalue weighted by molar-refractivity contribution is 5.73. The Balaban J connectivity index is 2.61. The number of nitrogens with zero attached hydrogens (tertiary/aromatic N) is 1. The van der Waals surface area contributed by atoms with Gasteiger partial charge < -0.3 is 10.4 Å². The van der Waals surface area contributed by atoms with E-state index in [1.54, 1.807) is 0 Å². The Morgan fingerprint density at radius 1 is 1.40 bits per heavy atom. The quantitative estimate of drug-likeness (QED) is 0.726. The summed E-state index contributed by atoms with van der Waals surface area (Å²) in [6.07, 6.45) is 2.10. The van der Waals surface area contributed by atoms with Gasteiger partial charge in [-0.2, -0.15) is 0 Å². The average Bonchev–Trinajstić information content (AvgIpc) is 2.18. The maximum atomic E-state index is 11.2. The van der Waals surface area contributed by atoms with Crippen molar-refractivity contribution in [2.75, 3.05) is 20.1 Å². The van der Waals surface area contributed by atoms with Crippen LogP contribution in [0.25, 0.3) is 0 Å². The van der Waals surface area contributed by atoms with Gasteiger partial charge in [0.2, 0.25) is 0 Å². The van der Waals surface area contributed by atoms with Crippen LogP contribution >= 0.6 is 0 Å². The minimum atomic E-state index is -0.703. The second kappa shape index (κ2) is 5.47. The third-order valence-corrected chi connectivity index (χ3v) is 3.21. The van der Waals surface area contributed by atoms with E-state index in [1.165, 1.54) is 0 Å². The number of rotatable bonds is 4. The molecular weight excluding hydrogens is 192 g/mol. The number of likely N-dealkylation sites (N-methyl/N-ethyl adjacent to an activating group) is 1. The van der Waals surface area contributed by atoms with Crippen molar-refractivity contribution in [1.82, 2.24) is 10.2 Å². The lowest BCUT2D eigenvalue weighted by Gasteiger charge is -2.37. The minimum Gasteiger partial charge on any atom is -0.480 e. The van der Waals surface area contributed by atoms with Crippen molar-refractivity contribution in [1.29, 1.82) is 0 Å². The van der Waals surface area contributed by atoms with Gasteiger partial charge >= 0.3 is 5.97 Å². The van der Waals surface area contributed by atoms with Crippen LogP contribution in [0.2, 0.25) is 0 Å². The van der Waals surface area contributed by atoms with Crippen molar-refractivity contribution in [2.24, 2.45) is 5.92 Å². The molecule has 1 fully saturated rings. The molecule has 0 radical (unpaired) electrons. The molecule has 0 aromatic heterocycles. The molecule has 15 heavy (non-hydrogen) atoms. The predicted octanol–water partition coefficient (Wildman–Crippen LogP) is 0.779. The maximum Gasteiger partial charge on any atom is 0.321 e. The Bertz CT molecular complexity index is 213. The van der Waals surface area contributed by atoms with Gasteiger partial charge in [-0.25, -0.2) is 0 Å². The highest BCUT2D eigenvalue weighted by Gasteiger charge is 2.31. The molecule has 0 aromatic carbocycles. The summed E-state index contributed by atoms with van der Waals surface area (Å²) in [7, 11) is 1.94. The predicted molar refractivity (Wildman–Crippen MR) is 59.9 cm³/mol. The summed E-state index contributed by atoms with van der Waals surface area (Å²) in [5, 5.41) is 12.5. The monoisotopic (exact) mass is 214 g/mol. The van der Waals surface area contributed by atoms with Crippen LogP contribution in [0.15, 0.2) is 0 Å². The van der Waals surface area contributed by atoms with Gasteiger partial charge in [-0.1, -0.05) is 13.8 Å². The summed E-state index contributed by atoms with van der Waals surface area (Å²) in [5.41, 5.74) is 0. The number of carboxylic acid groups (broad SMARTS) is 1. The van der Waals surface area contributed by atoms with Gasteiger partial charge in [0.25, 0.3) is 0 Å². The van der Waals surface area contributed by atoms with Gasteiger partial charge in [-0.05, 0) is 38.9 Å². The number of hydrogen-bond acceptors (Lipinski definition) is 3. The molecule has 1 unspecified atom stereocenters. The molecule has 0 saturated carbocycles. The molecule has 1 saturated heterocycles. The molecule has 0 spiro atoms. The first kappa shape index (κ1) is 12.5. The fourth-order valence-electron chi connectivity index (χ4n) is 2.37. The average molecular weight is 214 g/mol. The first-order valence-corrected chi connectivity index (χ1v) is 5.69. The Hall–Kier alpha value is -0.610. The first-order chi connectivity index (χ1) is 7.04. The lowest BCUT2D eigenvalue weighted by molar-refractivity contribution is -0.145. The van der Waals surface area contributed by atoms with E-state index in [2.05, 4.69) is 5.32 Å². The van der Waals surface area contributed by atoms with Crippen LogP contribution in [-0.2, 0) is 4.79 Å². The number of piperidine rings is 1. The SMILES string of the molecule is CC(C)C(C(=O)O)N(C)C1CCNCC1. The molecular formula is C11H22N2O2. The smallest absolute Gasteiger partial charge is 0.321 e. The van der Waals surface area contributed by atoms with E-state index < -0.39 is 5.97 Å². The molecule has 1 rings (SSSR count). The van der Waals surface area contributed by atoms with E-state index >= 15 is 0 Å². The molecule has 0 aromatic rings. The number of carbonyl (C=O) groups is 1. The van der Waals surface area contributed by atoms with Crippen LogP contribution in [0.4, 0.5) is 0 Å². The Morgan fingerprint density at radius 2 is 1.93 bits per heavy atom. The van der Waals surface area contributed by atoms with Crippen LogP contribution < -0.4 is 5.32 Å². The summed E-state index contributed by atoms with van der Waals surface area (Å²) in [6.45, 7) is 5.94. The van der Waals surface area contributed by atoms with Crippen LogP contribution in [0.3, 0.4) is 0 Å². The summed E-state index contributed by atoms with van der Waals surface area (Å²) < 4.78 is 0. The van der Waals surface area contributed by atoms with Crippen molar-refractivity contribution in [2.45, 2.75) is 38.8 Å². The van der Waals surface area contributed by atoms with E-state index in [0.717, 1.165) is 25.9 Å². The van der Waals surface area contributed by atoms with E-state index in [0.29, 0.717) is 6.04 Å². The molecule has 1 atom stereocenters. The molecule has 4 nitrogen and oxygen atoms in total. The second-order valence-corrected chi connectivity index (χ2v) is 4.67. The topological polar surface area (TPSA) is 52.6 Å². The fraction of sp³-hybridized carbons (Fsp3) is 0.909.